The first-order chi connectivity index (χ1) is 8.25. The fraction of sp³-hybridized carbons (Fsp3) is 0.429. The highest BCUT2D eigenvalue weighted by Crippen LogP contribution is 2.38. The molecule has 1 fully saturated rings. The predicted octanol–water partition coefficient (Wildman–Crippen LogP) is 4.07. The molecule has 1 unspecified atom stereocenters. The average molecular weight is 250 g/mol. The maximum absolute atomic E-state index is 6.15. The Morgan fingerprint density at radius 3 is 3.00 bits per heavy atom. The summed E-state index contributed by atoms with van der Waals surface area (Å²) in [6.07, 6.45) is 3.39. The second-order valence-electron chi connectivity index (χ2n) is 4.73. The monoisotopic (exact) mass is 249 g/mol. The minimum Gasteiger partial charge on any atom is -0.458 e. The van der Waals surface area contributed by atoms with Crippen LogP contribution in [0.15, 0.2) is 28.7 Å². The zero-order valence-electron chi connectivity index (χ0n) is 9.92. The molecule has 90 valence electrons. The molecule has 1 aromatic carbocycles. The summed E-state index contributed by atoms with van der Waals surface area (Å²) in [5.41, 5.74) is 0.827. The molecule has 0 radical (unpaired) electrons. The maximum atomic E-state index is 6.15. The minimum absolute atomic E-state index is 0.0162. The van der Waals surface area contributed by atoms with Crippen molar-refractivity contribution in [3.05, 3.63) is 35.0 Å². The Balaban J connectivity index is 2.14. The largest absolute Gasteiger partial charge is 0.458 e. The first kappa shape index (κ1) is 11.1. The van der Waals surface area contributed by atoms with Crippen molar-refractivity contribution in [2.24, 2.45) is 0 Å². The van der Waals surface area contributed by atoms with E-state index < -0.39 is 0 Å². The topological polar surface area (TPSA) is 25.2 Å². The summed E-state index contributed by atoms with van der Waals surface area (Å²) < 4.78 is 5.98. The zero-order chi connectivity index (χ0) is 11.9. The van der Waals surface area contributed by atoms with Gasteiger partial charge in [0.15, 0.2) is 5.58 Å². The quantitative estimate of drug-likeness (QED) is 0.868. The summed E-state index contributed by atoms with van der Waals surface area (Å²) in [5.74, 6) is 1.03. The van der Waals surface area contributed by atoms with E-state index in [1.165, 1.54) is 6.42 Å². The lowest BCUT2D eigenvalue weighted by Crippen LogP contribution is -2.35. The molecule has 0 amide bonds. The summed E-state index contributed by atoms with van der Waals surface area (Å²) in [6, 6.07) is 8.01. The van der Waals surface area contributed by atoms with E-state index in [4.69, 9.17) is 16.0 Å². The molecule has 0 bridgehead atoms. The van der Waals surface area contributed by atoms with Gasteiger partial charge in [-0.25, -0.2) is 0 Å². The molecule has 3 rings (SSSR count). The van der Waals surface area contributed by atoms with Crippen LogP contribution in [0.25, 0.3) is 11.0 Å². The molecule has 3 heteroatoms. The summed E-state index contributed by atoms with van der Waals surface area (Å²) in [5, 5.41) is 5.36. The minimum atomic E-state index is 0.0162. The van der Waals surface area contributed by atoms with E-state index in [9.17, 15) is 0 Å². The molecule has 1 atom stereocenters. The predicted molar refractivity (Wildman–Crippen MR) is 70.4 cm³/mol. The van der Waals surface area contributed by atoms with Crippen molar-refractivity contribution >= 4 is 22.6 Å². The van der Waals surface area contributed by atoms with E-state index in [0.29, 0.717) is 5.02 Å². The molecule has 1 N–H and O–H groups in total. The highest BCUT2D eigenvalue weighted by atomic mass is 35.5. The van der Waals surface area contributed by atoms with Gasteiger partial charge >= 0.3 is 0 Å². The van der Waals surface area contributed by atoms with Crippen LogP contribution < -0.4 is 5.32 Å². The van der Waals surface area contributed by atoms with Crippen LogP contribution in [0, 0.1) is 0 Å². The molecule has 2 nitrogen and oxygen atoms in total. The van der Waals surface area contributed by atoms with Gasteiger partial charge in [0.1, 0.15) is 5.76 Å². The third-order valence-corrected chi connectivity index (χ3v) is 4.11. The normalized spacial score (nSPS) is 24.6. The molecule has 0 saturated carbocycles. The lowest BCUT2D eigenvalue weighted by atomic mass is 9.91. The molecular weight excluding hydrogens is 234 g/mol. The van der Waals surface area contributed by atoms with E-state index in [1.807, 2.05) is 18.2 Å². The van der Waals surface area contributed by atoms with Crippen LogP contribution in [-0.4, -0.2) is 6.54 Å². The van der Waals surface area contributed by atoms with Crippen molar-refractivity contribution in [1.82, 2.24) is 5.32 Å². The van der Waals surface area contributed by atoms with Crippen molar-refractivity contribution < 1.29 is 4.42 Å². The van der Waals surface area contributed by atoms with Crippen LogP contribution in [0.3, 0.4) is 0 Å². The number of nitrogens with one attached hydrogen (secondary N) is 1. The smallest absolute Gasteiger partial charge is 0.152 e. The van der Waals surface area contributed by atoms with E-state index in [1.54, 1.807) is 0 Å². The Morgan fingerprint density at radius 1 is 1.47 bits per heavy atom. The number of hydrogen-bond donors (Lipinski definition) is 1. The molecule has 0 spiro atoms. The number of hydrogen-bond acceptors (Lipinski definition) is 2. The Labute approximate surface area is 106 Å². The molecule has 1 aliphatic rings. The molecule has 1 aliphatic heterocycles. The molecule has 17 heavy (non-hydrogen) atoms. The van der Waals surface area contributed by atoms with Gasteiger partial charge in [0.2, 0.25) is 0 Å². The average Bonchev–Trinajstić information content (AvgIpc) is 2.96. The third kappa shape index (κ3) is 1.67. The van der Waals surface area contributed by atoms with Gasteiger partial charge < -0.3 is 9.73 Å². The van der Waals surface area contributed by atoms with Crippen molar-refractivity contribution in [2.75, 3.05) is 6.54 Å². The Hall–Kier alpha value is -0.990. The standard InChI is InChI=1S/C14H16ClNO/c1-2-14(7-4-8-16-14)12-9-10-5-3-6-11(15)13(10)17-12/h3,5-6,9,16H,2,4,7-8H2,1H3. The van der Waals surface area contributed by atoms with Crippen molar-refractivity contribution in [2.45, 2.75) is 31.7 Å². The van der Waals surface area contributed by atoms with Gasteiger partial charge in [0.25, 0.3) is 0 Å². The number of para-hydroxylation sites is 1. The van der Waals surface area contributed by atoms with Crippen LogP contribution in [0.2, 0.25) is 5.02 Å². The van der Waals surface area contributed by atoms with Gasteiger partial charge in [-0.3, -0.25) is 0 Å². The van der Waals surface area contributed by atoms with Gasteiger partial charge in [0.05, 0.1) is 10.6 Å². The van der Waals surface area contributed by atoms with E-state index in [-0.39, 0.29) is 5.54 Å². The van der Waals surface area contributed by atoms with Gasteiger partial charge in [-0.1, -0.05) is 30.7 Å². The Morgan fingerprint density at radius 2 is 2.35 bits per heavy atom. The molecule has 2 heterocycles. The number of benzene rings is 1. The SMILES string of the molecule is CCC1(c2cc3cccc(Cl)c3o2)CCCN1. The van der Waals surface area contributed by atoms with E-state index in [2.05, 4.69) is 18.3 Å². The first-order valence-corrected chi connectivity index (χ1v) is 6.56. The van der Waals surface area contributed by atoms with Crippen LogP contribution in [-0.2, 0) is 5.54 Å². The first-order valence-electron chi connectivity index (χ1n) is 6.19. The van der Waals surface area contributed by atoms with E-state index in [0.717, 1.165) is 36.1 Å². The van der Waals surface area contributed by atoms with Crippen LogP contribution in [0.1, 0.15) is 31.9 Å². The van der Waals surface area contributed by atoms with E-state index >= 15 is 0 Å². The van der Waals surface area contributed by atoms with Crippen LogP contribution >= 0.6 is 11.6 Å². The van der Waals surface area contributed by atoms with Crippen LogP contribution in [0.4, 0.5) is 0 Å². The Kier molecular flexibility index (Phi) is 2.64. The van der Waals surface area contributed by atoms with Gasteiger partial charge in [-0.15, -0.1) is 0 Å². The molecule has 0 aliphatic carbocycles. The second kappa shape index (κ2) is 4.04. The van der Waals surface area contributed by atoms with Gasteiger partial charge in [-0.05, 0) is 37.9 Å². The summed E-state index contributed by atoms with van der Waals surface area (Å²) in [7, 11) is 0. The number of furan rings is 1. The third-order valence-electron chi connectivity index (χ3n) is 3.81. The maximum Gasteiger partial charge on any atom is 0.152 e. The van der Waals surface area contributed by atoms with Crippen LogP contribution in [0.5, 0.6) is 0 Å². The highest BCUT2D eigenvalue weighted by Gasteiger charge is 2.36. The highest BCUT2D eigenvalue weighted by molar-refractivity contribution is 6.34. The van der Waals surface area contributed by atoms with Crippen molar-refractivity contribution in [3.8, 4) is 0 Å². The molecule has 2 aromatic rings. The summed E-state index contributed by atoms with van der Waals surface area (Å²) in [4.78, 5) is 0. The molecular formula is C14H16ClNO. The fourth-order valence-corrected chi connectivity index (χ4v) is 2.98. The molecule has 1 aromatic heterocycles. The summed E-state index contributed by atoms with van der Waals surface area (Å²) >= 11 is 6.15. The number of rotatable bonds is 2. The van der Waals surface area contributed by atoms with Crippen molar-refractivity contribution in [1.29, 1.82) is 0 Å². The van der Waals surface area contributed by atoms with Gasteiger partial charge in [0, 0.05) is 5.39 Å². The summed E-state index contributed by atoms with van der Waals surface area (Å²) in [6.45, 7) is 3.27. The second-order valence-corrected chi connectivity index (χ2v) is 5.14. The van der Waals surface area contributed by atoms with Gasteiger partial charge in [-0.2, -0.15) is 0 Å². The number of halogens is 1. The van der Waals surface area contributed by atoms with Crippen molar-refractivity contribution in [3.63, 3.8) is 0 Å². The Bertz CT molecular complexity index is 540. The lowest BCUT2D eigenvalue weighted by molar-refractivity contribution is 0.306. The number of fused-ring (bicyclic) bond motifs is 1. The lowest BCUT2D eigenvalue weighted by Gasteiger charge is -2.25. The fourth-order valence-electron chi connectivity index (χ4n) is 2.76. The molecule has 1 saturated heterocycles. The zero-order valence-corrected chi connectivity index (χ0v) is 10.7.